The minimum atomic E-state index is -2.47. The summed E-state index contributed by atoms with van der Waals surface area (Å²) in [5.41, 5.74) is -7.52. The van der Waals surface area contributed by atoms with Crippen LogP contribution in [0.5, 0.6) is 0 Å². The molecular formula is C24H31FO8. The van der Waals surface area contributed by atoms with Crippen LogP contribution >= 0.6 is 0 Å². The molecule has 0 aliphatic heterocycles. The first kappa shape index (κ1) is 24.1. The van der Waals surface area contributed by atoms with Gasteiger partial charge in [0, 0.05) is 24.2 Å². The van der Waals surface area contributed by atoms with Gasteiger partial charge in [0.2, 0.25) is 17.3 Å². The van der Waals surface area contributed by atoms with Gasteiger partial charge in [0.1, 0.15) is 5.60 Å². The van der Waals surface area contributed by atoms with Gasteiger partial charge in [-0.1, -0.05) is 13.8 Å². The average Bonchev–Trinajstić information content (AvgIpc) is 2.93. The first-order valence-electron chi connectivity index (χ1n) is 11.5. The highest BCUT2D eigenvalue weighted by atomic mass is 19.1. The van der Waals surface area contributed by atoms with Gasteiger partial charge in [0.15, 0.2) is 18.1 Å². The number of aliphatic hydroxyl groups is 2. The molecule has 2 N–H and O–H groups in total. The summed E-state index contributed by atoms with van der Waals surface area (Å²) in [6, 6.07) is 0. The molecule has 9 heteroatoms. The molecule has 4 saturated carbocycles. The Kier molecular flexibility index (Phi) is 5.30. The summed E-state index contributed by atoms with van der Waals surface area (Å²) in [5.74, 6) is -6.84. The smallest absolute Gasteiger partial charge is 0.303 e. The fourth-order valence-corrected chi connectivity index (χ4v) is 7.99. The maximum Gasteiger partial charge on any atom is 0.303 e. The van der Waals surface area contributed by atoms with Crippen molar-refractivity contribution in [1.29, 1.82) is 0 Å². The van der Waals surface area contributed by atoms with E-state index in [1.54, 1.807) is 13.8 Å². The number of ketones is 4. The predicted molar refractivity (Wildman–Crippen MR) is 110 cm³/mol. The molecule has 4 aliphatic carbocycles. The SMILES string of the molecule is CC(=O)OCC(=O)[C@@]1(O)[C@H](C)C[C@H]2[C@@H]3CCC4C(=O)C(=O)CC(=O)[C@]4(C)[C@@]3(F)[C@@H](O)C[C@@]21C. The number of hydrogen-bond acceptors (Lipinski definition) is 8. The number of Topliss-reactive ketones (excluding diaryl/α,β-unsaturated/α-hetero) is 4. The van der Waals surface area contributed by atoms with E-state index in [-0.39, 0.29) is 25.7 Å². The second kappa shape index (κ2) is 7.25. The van der Waals surface area contributed by atoms with Crippen molar-refractivity contribution in [3.63, 3.8) is 0 Å². The molecule has 0 heterocycles. The van der Waals surface area contributed by atoms with Gasteiger partial charge >= 0.3 is 5.97 Å². The molecule has 8 nitrogen and oxygen atoms in total. The molecule has 4 fully saturated rings. The molecule has 0 radical (unpaired) electrons. The van der Waals surface area contributed by atoms with Gasteiger partial charge in [0.05, 0.1) is 17.9 Å². The number of halogens is 1. The molecule has 4 aliphatic rings. The average molecular weight is 467 g/mol. The van der Waals surface area contributed by atoms with E-state index < -0.39 is 94.0 Å². The molecule has 0 bridgehead atoms. The van der Waals surface area contributed by atoms with E-state index in [4.69, 9.17) is 4.74 Å². The van der Waals surface area contributed by atoms with E-state index in [2.05, 4.69) is 0 Å². The number of ether oxygens (including phenoxy) is 1. The quantitative estimate of drug-likeness (QED) is 0.359. The number of carbonyl (C=O) groups is 5. The van der Waals surface area contributed by atoms with Crippen LogP contribution in [0.2, 0.25) is 0 Å². The number of carbonyl (C=O) groups excluding carboxylic acids is 5. The molecule has 0 saturated heterocycles. The number of rotatable bonds is 3. The Bertz CT molecular complexity index is 962. The van der Waals surface area contributed by atoms with Crippen molar-refractivity contribution in [2.24, 2.45) is 34.5 Å². The molecule has 0 amide bonds. The van der Waals surface area contributed by atoms with Gasteiger partial charge < -0.3 is 14.9 Å². The van der Waals surface area contributed by atoms with Crippen molar-refractivity contribution in [1.82, 2.24) is 0 Å². The van der Waals surface area contributed by atoms with Crippen LogP contribution in [0.15, 0.2) is 0 Å². The van der Waals surface area contributed by atoms with Crippen molar-refractivity contribution < 1.29 is 43.3 Å². The lowest BCUT2D eigenvalue weighted by Gasteiger charge is -2.63. The Morgan fingerprint density at radius 2 is 1.79 bits per heavy atom. The number of aliphatic hydroxyl groups excluding tert-OH is 1. The van der Waals surface area contributed by atoms with Crippen molar-refractivity contribution >= 4 is 29.1 Å². The molecule has 1 unspecified atom stereocenters. The second-order valence-electron chi connectivity index (χ2n) is 10.9. The van der Waals surface area contributed by atoms with Crippen molar-refractivity contribution in [3.8, 4) is 0 Å². The standard InChI is InChI=1S/C24H31FO8/c1-11-7-15-13-5-6-14-20(31)16(27)8-17(28)22(14,4)23(13,25)18(29)9-21(15,3)24(11,32)19(30)10-33-12(2)26/h11,13-15,18,29,32H,5-10H2,1-4H3/t11-,13+,14?,15+,18+,21+,22-,23+,24+/m1/s1. The molecule has 0 aromatic heterocycles. The normalized spacial score (nSPS) is 49.2. The maximum absolute atomic E-state index is 17.2. The van der Waals surface area contributed by atoms with Gasteiger partial charge in [-0.15, -0.1) is 0 Å². The maximum atomic E-state index is 17.2. The highest BCUT2D eigenvalue weighted by Crippen LogP contribution is 2.71. The molecule has 4 rings (SSSR count). The highest BCUT2D eigenvalue weighted by molar-refractivity contribution is 6.44. The van der Waals surface area contributed by atoms with Crippen LogP contribution in [-0.2, 0) is 28.7 Å². The lowest BCUT2D eigenvalue weighted by molar-refractivity contribution is -0.245. The van der Waals surface area contributed by atoms with Gasteiger partial charge in [-0.2, -0.15) is 0 Å². The first-order valence-corrected chi connectivity index (χ1v) is 11.5. The Balaban J connectivity index is 1.78. The third kappa shape index (κ3) is 2.72. The van der Waals surface area contributed by atoms with Gasteiger partial charge in [0.25, 0.3) is 0 Å². The fraction of sp³-hybridized carbons (Fsp3) is 0.792. The van der Waals surface area contributed by atoms with E-state index in [0.29, 0.717) is 0 Å². The van der Waals surface area contributed by atoms with Gasteiger partial charge in [-0.25, -0.2) is 4.39 Å². The minimum Gasteiger partial charge on any atom is -0.458 e. The van der Waals surface area contributed by atoms with E-state index in [1.807, 2.05) is 0 Å². The van der Waals surface area contributed by atoms with Gasteiger partial charge in [-0.05, 0) is 44.4 Å². The summed E-state index contributed by atoms with van der Waals surface area (Å²) in [6.45, 7) is 5.17. The van der Waals surface area contributed by atoms with E-state index in [9.17, 15) is 34.2 Å². The topological polar surface area (TPSA) is 135 Å². The molecule has 182 valence electrons. The van der Waals surface area contributed by atoms with E-state index >= 15 is 4.39 Å². The fourth-order valence-electron chi connectivity index (χ4n) is 7.99. The molecule has 9 atom stereocenters. The van der Waals surface area contributed by atoms with Crippen LogP contribution in [0, 0.1) is 34.5 Å². The van der Waals surface area contributed by atoms with Crippen LogP contribution in [0.4, 0.5) is 4.39 Å². The van der Waals surface area contributed by atoms with Crippen molar-refractivity contribution in [2.75, 3.05) is 6.61 Å². The van der Waals surface area contributed by atoms with Crippen LogP contribution < -0.4 is 0 Å². The van der Waals surface area contributed by atoms with Crippen molar-refractivity contribution in [2.45, 2.75) is 77.2 Å². The third-order valence-electron chi connectivity index (χ3n) is 9.72. The number of fused-ring (bicyclic) bond motifs is 5. The molecule has 0 aromatic carbocycles. The molecule has 0 spiro atoms. The summed E-state index contributed by atoms with van der Waals surface area (Å²) in [6.07, 6.45) is -2.20. The Morgan fingerprint density at radius 3 is 2.39 bits per heavy atom. The van der Waals surface area contributed by atoms with E-state index in [1.165, 1.54) is 6.92 Å². The number of esters is 1. The first-order chi connectivity index (χ1) is 15.2. The number of alkyl halides is 1. The monoisotopic (exact) mass is 466 g/mol. The highest BCUT2D eigenvalue weighted by Gasteiger charge is 2.78. The van der Waals surface area contributed by atoms with Crippen molar-refractivity contribution in [3.05, 3.63) is 0 Å². The molecular weight excluding hydrogens is 435 g/mol. The van der Waals surface area contributed by atoms with E-state index in [0.717, 1.165) is 6.92 Å². The predicted octanol–water partition coefficient (Wildman–Crippen LogP) is 1.13. The Hall–Kier alpha value is -2.00. The summed E-state index contributed by atoms with van der Waals surface area (Å²) < 4.78 is 22.0. The zero-order valence-electron chi connectivity index (χ0n) is 19.4. The number of hydrogen-bond donors (Lipinski definition) is 2. The largest absolute Gasteiger partial charge is 0.458 e. The van der Waals surface area contributed by atoms with Crippen LogP contribution in [-0.4, -0.2) is 63.3 Å². The van der Waals surface area contributed by atoms with Crippen LogP contribution in [0.3, 0.4) is 0 Å². The summed E-state index contributed by atoms with van der Waals surface area (Å²) >= 11 is 0. The Labute approximate surface area is 191 Å². The molecule has 0 aromatic rings. The lowest BCUT2D eigenvalue weighted by Crippen LogP contribution is -2.74. The zero-order valence-corrected chi connectivity index (χ0v) is 19.4. The third-order valence-corrected chi connectivity index (χ3v) is 9.72. The van der Waals surface area contributed by atoms with Crippen LogP contribution in [0.1, 0.15) is 59.8 Å². The summed E-state index contributed by atoms with van der Waals surface area (Å²) in [7, 11) is 0. The lowest BCUT2D eigenvalue weighted by atomic mass is 9.41. The second-order valence-corrected chi connectivity index (χ2v) is 10.9. The molecule has 33 heavy (non-hydrogen) atoms. The summed E-state index contributed by atoms with van der Waals surface area (Å²) in [5, 5.41) is 22.9. The summed E-state index contributed by atoms with van der Waals surface area (Å²) in [4.78, 5) is 62.0. The van der Waals surface area contributed by atoms with Crippen LogP contribution in [0.25, 0.3) is 0 Å². The Morgan fingerprint density at radius 1 is 1.15 bits per heavy atom. The zero-order chi connectivity index (χ0) is 24.7. The minimum absolute atomic E-state index is 0.122. The van der Waals surface area contributed by atoms with Gasteiger partial charge in [-0.3, -0.25) is 24.0 Å².